The van der Waals surface area contributed by atoms with E-state index >= 15 is 0 Å². The van der Waals surface area contributed by atoms with Crippen molar-refractivity contribution in [2.24, 2.45) is 7.05 Å². The summed E-state index contributed by atoms with van der Waals surface area (Å²) in [7, 11) is 1.97. The monoisotopic (exact) mass is 353 g/mol. The summed E-state index contributed by atoms with van der Waals surface area (Å²) >= 11 is 0. The highest BCUT2D eigenvalue weighted by atomic mass is 16.7. The molecule has 4 rings (SSSR count). The van der Waals surface area contributed by atoms with Gasteiger partial charge in [-0.25, -0.2) is 4.79 Å². The van der Waals surface area contributed by atoms with Crippen LogP contribution in [0, 0.1) is 0 Å². The van der Waals surface area contributed by atoms with Crippen LogP contribution < -0.4 is 20.1 Å². The molecule has 0 saturated heterocycles. The molecule has 0 saturated carbocycles. The van der Waals surface area contributed by atoms with E-state index in [4.69, 9.17) is 9.47 Å². The number of nitrogens with one attached hydrogen (secondary N) is 2. The van der Waals surface area contributed by atoms with Crippen molar-refractivity contribution in [3.63, 3.8) is 0 Å². The van der Waals surface area contributed by atoms with Crippen LogP contribution in [0.15, 0.2) is 48.7 Å². The standard InChI is InChI=1S/C19H19N3O4/c1-22-7-6-12-8-13(2-4-15(12)22)16(23)10-20-19(24)21-14-3-5-17-18(9-14)26-11-25-17/h2-9,16,23H,10-11H2,1H3,(H2,20,21,24)/t16-/m0/s1. The van der Waals surface area contributed by atoms with Crippen LogP contribution >= 0.6 is 0 Å². The number of anilines is 1. The summed E-state index contributed by atoms with van der Waals surface area (Å²) in [5.41, 5.74) is 2.44. The minimum atomic E-state index is -0.790. The van der Waals surface area contributed by atoms with Crippen molar-refractivity contribution in [2.45, 2.75) is 6.10 Å². The van der Waals surface area contributed by atoms with Gasteiger partial charge >= 0.3 is 6.03 Å². The Kier molecular flexibility index (Phi) is 4.14. The SMILES string of the molecule is Cn1ccc2cc([C@@H](O)CNC(=O)Nc3ccc4c(c3)OCO4)ccc21. The van der Waals surface area contributed by atoms with Gasteiger partial charge in [0.05, 0.1) is 6.10 Å². The van der Waals surface area contributed by atoms with E-state index in [1.165, 1.54) is 0 Å². The van der Waals surface area contributed by atoms with Gasteiger partial charge in [0, 0.05) is 37.1 Å². The molecule has 3 aromatic rings. The van der Waals surface area contributed by atoms with Gasteiger partial charge in [0.25, 0.3) is 0 Å². The minimum absolute atomic E-state index is 0.106. The smallest absolute Gasteiger partial charge is 0.319 e. The van der Waals surface area contributed by atoms with Gasteiger partial charge < -0.3 is 29.8 Å². The first-order chi connectivity index (χ1) is 12.6. The Hall–Kier alpha value is -3.19. The number of aryl methyl sites for hydroxylation is 1. The molecule has 26 heavy (non-hydrogen) atoms. The second kappa shape index (κ2) is 6.61. The van der Waals surface area contributed by atoms with E-state index in [9.17, 15) is 9.90 Å². The number of aromatic nitrogens is 1. The minimum Gasteiger partial charge on any atom is -0.454 e. The van der Waals surface area contributed by atoms with Gasteiger partial charge in [-0.3, -0.25) is 0 Å². The number of hydrogen-bond acceptors (Lipinski definition) is 4. The van der Waals surface area contributed by atoms with E-state index in [0.717, 1.165) is 16.5 Å². The summed E-state index contributed by atoms with van der Waals surface area (Å²) in [6.07, 6.45) is 1.18. The van der Waals surface area contributed by atoms with Gasteiger partial charge in [0.15, 0.2) is 11.5 Å². The van der Waals surface area contributed by atoms with E-state index in [0.29, 0.717) is 17.2 Å². The summed E-state index contributed by atoms with van der Waals surface area (Å²) in [4.78, 5) is 12.1. The number of carbonyl (C=O) groups is 1. The molecule has 1 aromatic heterocycles. The molecule has 7 heteroatoms. The molecule has 0 bridgehead atoms. The lowest BCUT2D eigenvalue weighted by atomic mass is 10.1. The quantitative estimate of drug-likeness (QED) is 0.673. The van der Waals surface area contributed by atoms with Gasteiger partial charge in [-0.2, -0.15) is 0 Å². The topological polar surface area (TPSA) is 84.8 Å². The number of hydrogen-bond donors (Lipinski definition) is 3. The number of ether oxygens (including phenoxy) is 2. The lowest BCUT2D eigenvalue weighted by Crippen LogP contribution is -2.32. The number of amides is 2. The predicted molar refractivity (Wildman–Crippen MR) is 97.5 cm³/mol. The van der Waals surface area contributed by atoms with Crippen LogP contribution in [-0.2, 0) is 7.05 Å². The molecule has 3 N–H and O–H groups in total. The van der Waals surface area contributed by atoms with Gasteiger partial charge in [-0.1, -0.05) is 6.07 Å². The largest absolute Gasteiger partial charge is 0.454 e. The van der Waals surface area contributed by atoms with E-state index in [-0.39, 0.29) is 13.3 Å². The van der Waals surface area contributed by atoms with Gasteiger partial charge in [-0.15, -0.1) is 0 Å². The summed E-state index contributed by atoms with van der Waals surface area (Å²) < 4.78 is 12.5. The van der Waals surface area contributed by atoms with Crippen molar-refractivity contribution in [1.82, 2.24) is 9.88 Å². The number of fused-ring (bicyclic) bond motifs is 2. The highest BCUT2D eigenvalue weighted by Crippen LogP contribution is 2.34. The zero-order valence-electron chi connectivity index (χ0n) is 14.2. The summed E-state index contributed by atoms with van der Waals surface area (Å²) in [6, 6.07) is 12.5. The van der Waals surface area contributed by atoms with Crippen molar-refractivity contribution >= 4 is 22.6 Å². The van der Waals surface area contributed by atoms with Crippen LogP contribution in [0.4, 0.5) is 10.5 Å². The zero-order valence-corrected chi connectivity index (χ0v) is 14.2. The summed E-state index contributed by atoms with van der Waals surface area (Å²) in [5, 5.41) is 16.8. The molecule has 2 heterocycles. The van der Waals surface area contributed by atoms with Gasteiger partial charge in [0.2, 0.25) is 6.79 Å². The normalized spacial score (nSPS) is 13.6. The van der Waals surface area contributed by atoms with E-state index in [1.54, 1.807) is 18.2 Å². The van der Waals surface area contributed by atoms with E-state index < -0.39 is 12.1 Å². The first-order valence-corrected chi connectivity index (χ1v) is 8.28. The third-order valence-corrected chi connectivity index (χ3v) is 4.38. The fraction of sp³-hybridized carbons (Fsp3) is 0.211. The molecule has 0 radical (unpaired) electrons. The Morgan fingerprint density at radius 1 is 1.19 bits per heavy atom. The van der Waals surface area contributed by atoms with Crippen molar-refractivity contribution in [3.05, 3.63) is 54.2 Å². The molecule has 2 amide bonds. The van der Waals surface area contributed by atoms with Crippen molar-refractivity contribution < 1.29 is 19.4 Å². The Morgan fingerprint density at radius 3 is 2.92 bits per heavy atom. The van der Waals surface area contributed by atoms with Gasteiger partial charge in [0.1, 0.15) is 0 Å². The second-order valence-corrected chi connectivity index (χ2v) is 6.16. The molecule has 1 atom stereocenters. The van der Waals surface area contributed by atoms with Gasteiger partial charge in [-0.05, 0) is 41.3 Å². The average Bonchev–Trinajstić information content (AvgIpc) is 3.25. The van der Waals surface area contributed by atoms with Crippen LogP contribution in [0.2, 0.25) is 0 Å². The van der Waals surface area contributed by atoms with Crippen molar-refractivity contribution in [1.29, 1.82) is 0 Å². The van der Waals surface area contributed by atoms with Crippen LogP contribution in [0.5, 0.6) is 11.5 Å². The molecular weight excluding hydrogens is 334 g/mol. The molecule has 7 nitrogen and oxygen atoms in total. The average molecular weight is 353 g/mol. The third-order valence-electron chi connectivity index (χ3n) is 4.38. The zero-order chi connectivity index (χ0) is 18.1. The summed E-state index contributed by atoms with van der Waals surface area (Å²) in [6.45, 7) is 0.289. The number of urea groups is 1. The maximum Gasteiger partial charge on any atom is 0.319 e. The highest BCUT2D eigenvalue weighted by molar-refractivity contribution is 5.89. The molecule has 1 aliphatic heterocycles. The number of rotatable bonds is 4. The Morgan fingerprint density at radius 2 is 2.04 bits per heavy atom. The fourth-order valence-corrected chi connectivity index (χ4v) is 2.96. The maximum atomic E-state index is 12.1. The predicted octanol–water partition coefficient (Wildman–Crippen LogP) is 2.76. The number of nitrogens with zero attached hydrogens (tertiary/aromatic N) is 1. The number of aliphatic hydroxyl groups is 1. The molecule has 2 aromatic carbocycles. The van der Waals surface area contributed by atoms with E-state index in [2.05, 4.69) is 10.6 Å². The number of benzene rings is 2. The molecule has 0 spiro atoms. The molecule has 1 aliphatic rings. The number of aliphatic hydroxyl groups excluding tert-OH is 1. The van der Waals surface area contributed by atoms with Crippen LogP contribution in [-0.4, -0.2) is 29.0 Å². The highest BCUT2D eigenvalue weighted by Gasteiger charge is 2.15. The van der Waals surface area contributed by atoms with E-state index in [1.807, 2.05) is 42.1 Å². The molecule has 0 aliphatic carbocycles. The molecule has 0 fully saturated rings. The lowest BCUT2D eigenvalue weighted by molar-refractivity contribution is 0.174. The van der Waals surface area contributed by atoms with Crippen molar-refractivity contribution in [3.8, 4) is 11.5 Å². The Bertz CT molecular complexity index is 967. The summed E-state index contributed by atoms with van der Waals surface area (Å²) in [5.74, 6) is 1.25. The van der Waals surface area contributed by atoms with Crippen LogP contribution in [0.25, 0.3) is 10.9 Å². The Balaban J connectivity index is 1.35. The Labute approximate surface area is 150 Å². The molecular formula is C19H19N3O4. The first-order valence-electron chi connectivity index (χ1n) is 8.28. The first kappa shape index (κ1) is 16.3. The van der Waals surface area contributed by atoms with Crippen molar-refractivity contribution in [2.75, 3.05) is 18.7 Å². The van der Waals surface area contributed by atoms with Crippen LogP contribution in [0.1, 0.15) is 11.7 Å². The van der Waals surface area contributed by atoms with Crippen LogP contribution in [0.3, 0.4) is 0 Å². The number of carbonyl (C=O) groups excluding carboxylic acids is 1. The maximum absolute atomic E-state index is 12.1. The molecule has 134 valence electrons. The third kappa shape index (κ3) is 3.16. The second-order valence-electron chi connectivity index (χ2n) is 6.16. The fourth-order valence-electron chi connectivity index (χ4n) is 2.96. The molecule has 0 unspecified atom stereocenters. The lowest BCUT2D eigenvalue weighted by Gasteiger charge is -2.13.